The molecule has 0 spiro atoms. The molecule has 0 aromatic heterocycles. The van der Waals surface area contributed by atoms with Crippen LogP contribution >= 0.6 is 0 Å². The van der Waals surface area contributed by atoms with Crippen LogP contribution in [-0.2, 0) is 0 Å². The Bertz CT molecular complexity index is 433. The molecule has 0 heterocycles. The Labute approximate surface area is 122 Å². The molecule has 3 unspecified atom stereocenters. The maximum atomic E-state index is 5.57. The van der Waals surface area contributed by atoms with E-state index in [-0.39, 0.29) is 0 Å². The van der Waals surface area contributed by atoms with Gasteiger partial charge in [0.1, 0.15) is 11.5 Å². The Morgan fingerprint density at radius 2 is 2.00 bits per heavy atom. The topological polar surface area (TPSA) is 30.5 Å². The van der Waals surface area contributed by atoms with E-state index in [0.717, 1.165) is 17.4 Å². The lowest BCUT2D eigenvalue weighted by Gasteiger charge is -2.34. The highest BCUT2D eigenvalue weighted by Gasteiger charge is 2.28. The number of benzene rings is 1. The van der Waals surface area contributed by atoms with Gasteiger partial charge in [-0.2, -0.15) is 0 Å². The second-order valence-electron chi connectivity index (χ2n) is 5.91. The molecule has 1 aromatic rings. The molecule has 3 atom stereocenters. The first-order valence-electron chi connectivity index (χ1n) is 7.58. The van der Waals surface area contributed by atoms with Gasteiger partial charge in [-0.1, -0.05) is 25.8 Å². The van der Waals surface area contributed by atoms with Crippen molar-refractivity contribution in [2.24, 2.45) is 11.8 Å². The first kappa shape index (κ1) is 15.2. The number of methoxy groups -OCH3 is 2. The minimum absolute atomic E-state index is 0.360. The molecule has 0 aliphatic heterocycles. The highest BCUT2D eigenvalue weighted by atomic mass is 16.5. The van der Waals surface area contributed by atoms with Crippen molar-refractivity contribution in [3.63, 3.8) is 0 Å². The number of nitrogens with one attached hydrogen (secondary N) is 1. The molecule has 1 fully saturated rings. The zero-order valence-corrected chi connectivity index (χ0v) is 13.1. The van der Waals surface area contributed by atoms with E-state index in [9.17, 15) is 0 Å². The van der Waals surface area contributed by atoms with E-state index < -0.39 is 0 Å². The number of hydrogen-bond acceptors (Lipinski definition) is 3. The van der Waals surface area contributed by atoms with Crippen molar-refractivity contribution in [3.05, 3.63) is 23.8 Å². The smallest absolute Gasteiger partial charge is 0.127 e. The summed E-state index contributed by atoms with van der Waals surface area (Å²) in [6.45, 7) is 2.37. The largest absolute Gasteiger partial charge is 0.497 e. The van der Waals surface area contributed by atoms with E-state index in [1.165, 1.54) is 31.2 Å². The molecule has 0 radical (unpaired) electrons. The van der Waals surface area contributed by atoms with Crippen LogP contribution in [0.5, 0.6) is 11.5 Å². The van der Waals surface area contributed by atoms with Gasteiger partial charge in [0.25, 0.3) is 0 Å². The van der Waals surface area contributed by atoms with Gasteiger partial charge < -0.3 is 14.8 Å². The third-order valence-corrected chi connectivity index (χ3v) is 4.54. The van der Waals surface area contributed by atoms with E-state index in [0.29, 0.717) is 12.0 Å². The molecule has 1 aromatic carbocycles. The van der Waals surface area contributed by atoms with Crippen molar-refractivity contribution in [2.75, 3.05) is 21.3 Å². The predicted octanol–water partition coefficient (Wildman–Crippen LogP) is 3.79. The van der Waals surface area contributed by atoms with Crippen molar-refractivity contribution in [3.8, 4) is 11.5 Å². The maximum absolute atomic E-state index is 5.57. The molecule has 112 valence electrons. The summed E-state index contributed by atoms with van der Waals surface area (Å²) in [4.78, 5) is 0. The summed E-state index contributed by atoms with van der Waals surface area (Å²) in [6, 6.07) is 6.50. The molecule has 3 heteroatoms. The quantitative estimate of drug-likeness (QED) is 0.888. The second-order valence-corrected chi connectivity index (χ2v) is 5.91. The fourth-order valence-corrected chi connectivity index (χ4v) is 3.50. The van der Waals surface area contributed by atoms with Crippen molar-refractivity contribution in [1.82, 2.24) is 5.32 Å². The van der Waals surface area contributed by atoms with Gasteiger partial charge in [0.2, 0.25) is 0 Å². The van der Waals surface area contributed by atoms with Gasteiger partial charge in [-0.3, -0.25) is 0 Å². The molecule has 1 saturated carbocycles. The lowest BCUT2D eigenvalue weighted by Crippen LogP contribution is -2.29. The fraction of sp³-hybridized carbons (Fsp3) is 0.647. The summed E-state index contributed by atoms with van der Waals surface area (Å²) >= 11 is 0. The molecule has 3 nitrogen and oxygen atoms in total. The van der Waals surface area contributed by atoms with Gasteiger partial charge in [0, 0.05) is 17.7 Å². The third kappa shape index (κ3) is 3.26. The SMILES string of the molecule is CNC(c1ccc(OC)cc1OC)C1CCCC(C)C1. The lowest BCUT2D eigenvalue weighted by molar-refractivity contribution is 0.226. The van der Waals surface area contributed by atoms with E-state index >= 15 is 0 Å². The van der Waals surface area contributed by atoms with E-state index in [1.807, 2.05) is 19.2 Å². The average molecular weight is 277 g/mol. The normalized spacial score (nSPS) is 24.2. The first-order valence-corrected chi connectivity index (χ1v) is 7.58. The molecular formula is C17H27NO2. The summed E-state index contributed by atoms with van der Waals surface area (Å²) in [5.74, 6) is 3.28. The standard InChI is InChI=1S/C17H27NO2/c1-12-6-5-7-13(10-12)17(18-2)15-9-8-14(19-3)11-16(15)20-4/h8-9,11-13,17-18H,5-7,10H2,1-4H3. The van der Waals surface area contributed by atoms with Crippen molar-refractivity contribution < 1.29 is 9.47 Å². The Morgan fingerprint density at radius 3 is 2.60 bits per heavy atom. The van der Waals surface area contributed by atoms with Crippen molar-refractivity contribution >= 4 is 0 Å². The molecule has 0 amide bonds. The molecule has 2 rings (SSSR count). The van der Waals surface area contributed by atoms with Crippen LogP contribution in [0.1, 0.15) is 44.2 Å². The fourth-order valence-electron chi connectivity index (χ4n) is 3.50. The Hall–Kier alpha value is -1.22. The lowest BCUT2D eigenvalue weighted by atomic mass is 9.76. The zero-order chi connectivity index (χ0) is 14.5. The van der Waals surface area contributed by atoms with Gasteiger partial charge in [0.15, 0.2) is 0 Å². The summed E-state index contributed by atoms with van der Waals surface area (Å²) in [5.41, 5.74) is 1.25. The molecule has 1 N–H and O–H groups in total. The molecule has 0 bridgehead atoms. The minimum atomic E-state index is 0.360. The van der Waals surface area contributed by atoms with Gasteiger partial charge in [0.05, 0.1) is 14.2 Å². The first-order chi connectivity index (χ1) is 9.69. The molecule has 20 heavy (non-hydrogen) atoms. The number of ether oxygens (including phenoxy) is 2. The highest BCUT2D eigenvalue weighted by molar-refractivity contribution is 5.42. The van der Waals surface area contributed by atoms with Crippen molar-refractivity contribution in [2.45, 2.75) is 38.6 Å². The van der Waals surface area contributed by atoms with Crippen LogP contribution in [0.2, 0.25) is 0 Å². The van der Waals surface area contributed by atoms with Crippen LogP contribution < -0.4 is 14.8 Å². The Morgan fingerprint density at radius 1 is 1.20 bits per heavy atom. The Kier molecular flexibility index (Phi) is 5.30. The Balaban J connectivity index is 2.26. The molecule has 1 aliphatic carbocycles. The van der Waals surface area contributed by atoms with Gasteiger partial charge >= 0.3 is 0 Å². The average Bonchev–Trinajstić information content (AvgIpc) is 2.48. The van der Waals surface area contributed by atoms with Gasteiger partial charge in [-0.15, -0.1) is 0 Å². The van der Waals surface area contributed by atoms with E-state index in [4.69, 9.17) is 9.47 Å². The molecular weight excluding hydrogens is 250 g/mol. The molecule has 1 aliphatic rings. The highest BCUT2D eigenvalue weighted by Crippen LogP contribution is 2.40. The minimum Gasteiger partial charge on any atom is -0.497 e. The van der Waals surface area contributed by atoms with Gasteiger partial charge in [-0.25, -0.2) is 0 Å². The summed E-state index contributed by atoms with van der Waals surface area (Å²) in [6.07, 6.45) is 5.29. The van der Waals surface area contributed by atoms with Crippen LogP contribution in [0.15, 0.2) is 18.2 Å². The number of rotatable bonds is 5. The van der Waals surface area contributed by atoms with Crippen LogP contribution in [-0.4, -0.2) is 21.3 Å². The summed E-state index contributed by atoms with van der Waals surface area (Å²) < 4.78 is 10.9. The maximum Gasteiger partial charge on any atom is 0.127 e. The second kappa shape index (κ2) is 6.98. The zero-order valence-electron chi connectivity index (χ0n) is 13.1. The number of hydrogen-bond donors (Lipinski definition) is 1. The monoisotopic (exact) mass is 277 g/mol. The van der Waals surface area contributed by atoms with E-state index in [1.54, 1.807) is 14.2 Å². The van der Waals surface area contributed by atoms with Crippen LogP contribution in [0.3, 0.4) is 0 Å². The third-order valence-electron chi connectivity index (χ3n) is 4.54. The predicted molar refractivity (Wildman–Crippen MR) is 82.5 cm³/mol. The van der Waals surface area contributed by atoms with Crippen LogP contribution in [0.25, 0.3) is 0 Å². The molecule has 0 saturated heterocycles. The summed E-state index contributed by atoms with van der Waals surface area (Å²) in [5, 5.41) is 3.50. The van der Waals surface area contributed by atoms with Crippen molar-refractivity contribution in [1.29, 1.82) is 0 Å². The van der Waals surface area contributed by atoms with Gasteiger partial charge in [-0.05, 0) is 37.8 Å². The van der Waals surface area contributed by atoms with Crippen LogP contribution in [0, 0.1) is 11.8 Å². The summed E-state index contributed by atoms with van der Waals surface area (Å²) in [7, 11) is 5.47. The van der Waals surface area contributed by atoms with E-state index in [2.05, 4.69) is 18.3 Å². The van der Waals surface area contributed by atoms with Crippen LogP contribution in [0.4, 0.5) is 0 Å².